The average molecular weight is 229 g/mol. The Balaban J connectivity index is 2.50. The zero-order valence-corrected chi connectivity index (χ0v) is 10.9. The van der Waals surface area contributed by atoms with Gasteiger partial charge in [0.1, 0.15) is 0 Å². The van der Waals surface area contributed by atoms with Crippen molar-refractivity contribution in [3.05, 3.63) is 36.0 Å². The predicted molar refractivity (Wildman–Crippen MR) is 71.8 cm³/mol. The fourth-order valence-corrected chi connectivity index (χ4v) is 1.80. The van der Waals surface area contributed by atoms with Gasteiger partial charge in [0.15, 0.2) is 0 Å². The first-order valence-corrected chi connectivity index (χ1v) is 5.78. The summed E-state index contributed by atoms with van der Waals surface area (Å²) in [6.07, 6.45) is 0. The summed E-state index contributed by atoms with van der Waals surface area (Å²) in [5.41, 5.74) is 9.95. The SMILES string of the molecule is Cn1nc(C(C)(C)C)cc1-c1cccc(N)c1. The van der Waals surface area contributed by atoms with Crippen LogP contribution in [0.3, 0.4) is 0 Å². The predicted octanol–water partition coefficient (Wildman–Crippen LogP) is 2.97. The van der Waals surface area contributed by atoms with E-state index in [1.165, 1.54) is 0 Å². The van der Waals surface area contributed by atoms with E-state index in [1.54, 1.807) is 0 Å². The maximum atomic E-state index is 5.81. The average Bonchev–Trinajstić information content (AvgIpc) is 2.60. The lowest BCUT2D eigenvalue weighted by atomic mass is 9.92. The molecule has 0 spiro atoms. The number of nitrogen functional groups attached to an aromatic ring is 1. The molecule has 1 aromatic heterocycles. The van der Waals surface area contributed by atoms with Gasteiger partial charge in [-0.2, -0.15) is 5.10 Å². The molecule has 0 aliphatic rings. The number of anilines is 1. The molecule has 0 aliphatic heterocycles. The number of hydrogen-bond acceptors (Lipinski definition) is 2. The Hall–Kier alpha value is -1.77. The fraction of sp³-hybridized carbons (Fsp3) is 0.357. The molecule has 0 saturated carbocycles. The highest BCUT2D eigenvalue weighted by Crippen LogP contribution is 2.27. The van der Waals surface area contributed by atoms with Crippen LogP contribution in [0, 0.1) is 0 Å². The number of aryl methyl sites for hydroxylation is 1. The van der Waals surface area contributed by atoms with Crippen LogP contribution in [0.4, 0.5) is 5.69 Å². The van der Waals surface area contributed by atoms with Crippen molar-refractivity contribution >= 4 is 5.69 Å². The molecule has 0 bridgehead atoms. The largest absolute Gasteiger partial charge is 0.399 e. The first-order chi connectivity index (χ1) is 7.88. The first-order valence-electron chi connectivity index (χ1n) is 5.78. The lowest BCUT2D eigenvalue weighted by Crippen LogP contribution is -2.12. The van der Waals surface area contributed by atoms with E-state index in [4.69, 9.17) is 5.73 Å². The summed E-state index contributed by atoms with van der Waals surface area (Å²) in [5.74, 6) is 0. The fourth-order valence-electron chi connectivity index (χ4n) is 1.80. The molecule has 0 radical (unpaired) electrons. The third-order valence-corrected chi connectivity index (χ3v) is 2.83. The van der Waals surface area contributed by atoms with Crippen molar-refractivity contribution in [2.24, 2.45) is 7.05 Å². The first kappa shape index (κ1) is 11.7. The Kier molecular flexibility index (Phi) is 2.69. The summed E-state index contributed by atoms with van der Waals surface area (Å²) in [7, 11) is 1.97. The molecule has 1 aromatic carbocycles. The van der Waals surface area contributed by atoms with Gasteiger partial charge in [-0.15, -0.1) is 0 Å². The maximum absolute atomic E-state index is 5.81. The number of nitrogens with zero attached hydrogens (tertiary/aromatic N) is 2. The summed E-state index contributed by atoms with van der Waals surface area (Å²) in [6, 6.07) is 10.0. The van der Waals surface area contributed by atoms with Gasteiger partial charge in [-0.25, -0.2) is 0 Å². The quantitative estimate of drug-likeness (QED) is 0.764. The smallest absolute Gasteiger partial charge is 0.0684 e. The lowest BCUT2D eigenvalue weighted by molar-refractivity contribution is 0.553. The number of aromatic nitrogens is 2. The zero-order chi connectivity index (χ0) is 12.6. The van der Waals surface area contributed by atoms with Gasteiger partial charge in [0.25, 0.3) is 0 Å². The second kappa shape index (κ2) is 3.91. The highest BCUT2D eigenvalue weighted by atomic mass is 15.3. The Labute approximate surface area is 102 Å². The molecule has 2 rings (SSSR count). The summed E-state index contributed by atoms with van der Waals surface area (Å²) >= 11 is 0. The van der Waals surface area contributed by atoms with Gasteiger partial charge in [0, 0.05) is 23.7 Å². The number of nitrogens with two attached hydrogens (primary N) is 1. The summed E-state index contributed by atoms with van der Waals surface area (Å²) < 4.78 is 1.91. The van der Waals surface area contributed by atoms with Crippen LogP contribution in [0.25, 0.3) is 11.3 Å². The van der Waals surface area contributed by atoms with Crippen LogP contribution in [0.1, 0.15) is 26.5 Å². The van der Waals surface area contributed by atoms with E-state index >= 15 is 0 Å². The van der Waals surface area contributed by atoms with Crippen LogP contribution in [0.15, 0.2) is 30.3 Å². The van der Waals surface area contributed by atoms with E-state index < -0.39 is 0 Å². The van der Waals surface area contributed by atoms with E-state index in [0.29, 0.717) is 0 Å². The van der Waals surface area contributed by atoms with Crippen molar-refractivity contribution in [2.45, 2.75) is 26.2 Å². The summed E-state index contributed by atoms with van der Waals surface area (Å²) in [4.78, 5) is 0. The maximum Gasteiger partial charge on any atom is 0.0684 e. The standard InChI is InChI=1S/C14H19N3/c1-14(2,3)13-9-12(17(4)16-13)10-6-5-7-11(15)8-10/h5-9H,15H2,1-4H3. The van der Waals surface area contributed by atoms with E-state index in [2.05, 4.69) is 38.0 Å². The van der Waals surface area contributed by atoms with Crippen LogP contribution in [-0.4, -0.2) is 9.78 Å². The van der Waals surface area contributed by atoms with Gasteiger partial charge < -0.3 is 5.73 Å². The zero-order valence-electron chi connectivity index (χ0n) is 10.9. The molecule has 2 aromatic rings. The van der Waals surface area contributed by atoms with Crippen molar-refractivity contribution in [1.82, 2.24) is 9.78 Å². The van der Waals surface area contributed by atoms with Gasteiger partial charge in [-0.05, 0) is 18.2 Å². The molecular weight excluding hydrogens is 210 g/mol. The molecule has 17 heavy (non-hydrogen) atoms. The molecule has 0 atom stereocenters. The molecule has 0 amide bonds. The molecule has 0 unspecified atom stereocenters. The van der Waals surface area contributed by atoms with Crippen LogP contribution >= 0.6 is 0 Å². The lowest BCUT2D eigenvalue weighted by Gasteiger charge is -2.13. The molecule has 3 nitrogen and oxygen atoms in total. The highest BCUT2D eigenvalue weighted by Gasteiger charge is 2.19. The molecule has 1 heterocycles. The second-order valence-electron chi connectivity index (χ2n) is 5.41. The molecular formula is C14H19N3. The Bertz CT molecular complexity index is 533. The van der Waals surface area contributed by atoms with Crippen LogP contribution in [0.5, 0.6) is 0 Å². The molecule has 90 valence electrons. The molecule has 0 fully saturated rings. The van der Waals surface area contributed by atoms with E-state index in [1.807, 2.05) is 29.9 Å². The minimum atomic E-state index is 0.0658. The minimum Gasteiger partial charge on any atom is -0.399 e. The van der Waals surface area contributed by atoms with Gasteiger partial charge >= 0.3 is 0 Å². The third kappa shape index (κ3) is 2.33. The van der Waals surface area contributed by atoms with Crippen LogP contribution < -0.4 is 5.73 Å². The van der Waals surface area contributed by atoms with Crippen LogP contribution in [-0.2, 0) is 12.5 Å². The topological polar surface area (TPSA) is 43.8 Å². The van der Waals surface area contributed by atoms with Crippen LogP contribution in [0.2, 0.25) is 0 Å². The van der Waals surface area contributed by atoms with Gasteiger partial charge in [-0.3, -0.25) is 4.68 Å². The van der Waals surface area contributed by atoms with Crippen molar-refractivity contribution in [3.8, 4) is 11.3 Å². The van der Waals surface area contributed by atoms with Crippen molar-refractivity contribution in [1.29, 1.82) is 0 Å². The molecule has 0 aliphatic carbocycles. The number of rotatable bonds is 1. The number of hydrogen-bond donors (Lipinski definition) is 1. The van der Waals surface area contributed by atoms with Gasteiger partial charge in [0.05, 0.1) is 11.4 Å². The van der Waals surface area contributed by atoms with Crippen molar-refractivity contribution in [2.75, 3.05) is 5.73 Å². The third-order valence-electron chi connectivity index (χ3n) is 2.83. The molecule has 0 saturated heterocycles. The van der Waals surface area contributed by atoms with E-state index in [0.717, 1.165) is 22.6 Å². The number of benzene rings is 1. The Morgan fingerprint density at radius 2 is 1.88 bits per heavy atom. The Morgan fingerprint density at radius 3 is 2.41 bits per heavy atom. The minimum absolute atomic E-state index is 0.0658. The Morgan fingerprint density at radius 1 is 1.18 bits per heavy atom. The van der Waals surface area contributed by atoms with E-state index in [-0.39, 0.29) is 5.41 Å². The monoisotopic (exact) mass is 229 g/mol. The molecule has 2 N–H and O–H groups in total. The van der Waals surface area contributed by atoms with Crippen molar-refractivity contribution in [3.63, 3.8) is 0 Å². The molecule has 3 heteroatoms. The summed E-state index contributed by atoms with van der Waals surface area (Å²) in [6.45, 7) is 6.50. The van der Waals surface area contributed by atoms with E-state index in [9.17, 15) is 0 Å². The normalized spacial score (nSPS) is 11.8. The van der Waals surface area contributed by atoms with Crippen molar-refractivity contribution < 1.29 is 0 Å². The van der Waals surface area contributed by atoms with Gasteiger partial charge in [-0.1, -0.05) is 32.9 Å². The van der Waals surface area contributed by atoms with Gasteiger partial charge in [0.2, 0.25) is 0 Å². The summed E-state index contributed by atoms with van der Waals surface area (Å²) in [5, 5.41) is 4.56. The highest BCUT2D eigenvalue weighted by molar-refractivity contribution is 5.64. The second-order valence-corrected chi connectivity index (χ2v) is 5.41.